The summed E-state index contributed by atoms with van der Waals surface area (Å²) in [5.41, 5.74) is 1.20. The molecule has 1 aliphatic heterocycles. The first kappa shape index (κ1) is 13.5. The van der Waals surface area contributed by atoms with Crippen LogP contribution in [0.4, 0.5) is 5.69 Å². The number of benzene rings is 1. The van der Waals surface area contributed by atoms with Gasteiger partial charge >= 0.3 is 0 Å². The van der Waals surface area contributed by atoms with Crippen LogP contribution < -0.4 is 10.6 Å². The third-order valence-corrected chi connectivity index (χ3v) is 3.20. The maximum absolute atomic E-state index is 11.9. The number of nitrogens with zero attached hydrogens (tertiary/aromatic N) is 1. The topological polar surface area (TPSA) is 61.4 Å². The molecule has 1 aliphatic rings. The van der Waals surface area contributed by atoms with E-state index in [-0.39, 0.29) is 11.8 Å². The van der Waals surface area contributed by atoms with Gasteiger partial charge in [-0.25, -0.2) is 0 Å². The fraction of sp³-hybridized carbons (Fsp3) is 0.429. The van der Waals surface area contributed by atoms with Crippen molar-refractivity contribution in [2.45, 2.75) is 12.8 Å². The highest BCUT2D eigenvalue weighted by Gasteiger charge is 2.15. The number of anilines is 1. The Morgan fingerprint density at radius 2 is 2.00 bits per heavy atom. The summed E-state index contributed by atoms with van der Waals surface area (Å²) in [6.45, 7) is 2.40. The Hall–Kier alpha value is -1.88. The van der Waals surface area contributed by atoms with Crippen LogP contribution in [0.2, 0.25) is 0 Å². The Morgan fingerprint density at radius 3 is 2.68 bits per heavy atom. The second kappa shape index (κ2) is 6.33. The molecule has 0 unspecified atom stereocenters. The summed E-state index contributed by atoms with van der Waals surface area (Å²) in [7, 11) is 1.58. The zero-order valence-corrected chi connectivity index (χ0v) is 11.1. The van der Waals surface area contributed by atoms with Gasteiger partial charge in [-0.3, -0.25) is 14.5 Å². The molecule has 0 radical (unpaired) electrons. The first-order chi connectivity index (χ1) is 9.19. The van der Waals surface area contributed by atoms with Crippen molar-refractivity contribution in [3.05, 3.63) is 29.8 Å². The van der Waals surface area contributed by atoms with Crippen molar-refractivity contribution in [2.75, 3.05) is 32.0 Å². The quantitative estimate of drug-likeness (QED) is 0.852. The van der Waals surface area contributed by atoms with Crippen LogP contribution in [0.15, 0.2) is 24.3 Å². The molecular weight excluding hydrogens is 242 g/mol. The van der Waals surface area contributed by atoms with Gasteiger partial charge < -0.3 is 10.6 Å². The number of likely N-dealkylation sites (tertiary alicyclic amines) is 1. The molecule has 0 saturated carbocycles. The number of hydrogen-bond donors (Lipinski definition) is 2. The molecule has 1 aromatic carbocycles. The largest absolute Gasteiger partial charge is 0.355 e. The summed E-state index contributed by atoms with van der Waals surface area (Å²) >= 11 is 0. The Morgan fingerprint density at radius 1 is 1.26 bits per heavy atom. The number of carbonyl (C=O) groups excluding carboxylic acids is 2. The summed E-state index contributed by atoms with van der Waals surface area (Å²) in [4.78, 5) is 25.5. The van der Waals surface area contributed by atoms with Crippen LogP contribution in [-0.4, -0.2) is 43.4 Å². The lowest BCUT2D eigenvalue weighted by Gasteiger charge is -2.14. The lowest BCUT2D eigenvalue weighted by atomic mass is 10.2. The van der Waals surface area contributed by atoms with Crippen molar-refractivity contribution in [3.8, 4) is 0 Å². The number of carbonyl (C=O) groups is 2. The molecule has 2 amide bonds. The maximum Gasteiger partial charge on any atom is 0.251 e. The van der Waals surface area contributed by atoms with Gasteiger partial charge in [-0.05, 0) is 44.1 Å². The van der Waals surface area contributed by atoms with Crippen molar-refractivity contribution in [1.82, 2.24) is 10.2 Å². The van der Waals surface area contributed by atoms with Gasteiger partial charge in [0, 0.05) is 18.3 Å². The highest BCUT2D eigenvalue weighted by Crippen LogP contribution is 2.11. The normalized spacial score (nSPS) is 15.2. The maximum atomic E-state index is 11.9. The Balaban J connectivity index is 1.94. The minimum atomic E-state index is -0.157. The monoisotopic (exact) mass is 261 g/mol. The molecule has 0 aliphatic carbocycles. The highest BCUT2D eigenvalue weighted by atomic mass is 16.2. The Labute approximate surface area is 113 Å². The van der Waals surface area contributed by atoms with Crippen molar-refractivity contribution < 1.29 is 9.59 Å². The first-order valence-corrected chi connectivity index (χ1v) is 6.53. The Bertz CT molecular complexity index is 468. The third-order valence-electron chi connectivity index (χ3n) is 3.20. The molecule has 2 rings (SSSR count). The summed E-state index contributed by atoms with van der Waals surface area (Å²) in [5.74, 6) is -0.188. The predicted octanol–water partition coefficient (Wildman–Crippen LogP) is 1.08. The van der Waals surface area contributed by atoms with Crippen LogP contribution >= 0.6 is 0 Å². The smallest absolute Gasteiger partial charge is 0.251 e. The van der Waals surface area contributed by atoms with Gasteiger partial charge in [-0.15, -0.1) is 0 Å². The van der Waals surface area contributed by atoms with Crippen molar-refractivity contribution in [3.63, 3.8) is 0 Å². The summed E-state index contributed by atoms with van der Waals surface area (Å²) in [6, 6.07) is 6.94. The van der Waals surface area contributed by atoms with Gasteiger partial charge in [0.15, 0.2) is 0 Å². The van der Waals surface area contributed by atoms with E-state index in [9.17, 15) is 9.59 Å². The molecule has 5 heteroatoms. The summed E-state index contributed by atoms with van der Waals surface area (Å²) in [6.07, 6.45) is 2.33. The average molecular weight is 261 g/mol. The fourth-order valence-corrected chi connectivity index (χ4v) is 2.23. The van der Waals surface area contributed by atoms with E-state index < -0.39 is 0 Å². The molecule has 0 bridgehead atoms. The van der Waals surface area contributed by atoms with Crippen LogP contribution in [0.5, 0.6) is 0 Å². The van der Waals surface area contributed by atoms with E-state index in [0.717, 1.165) is 13.1 Å². The highest BCUT2D eigenvalue weighted by molar-refractivity contribution is 5.97. The third kappa shape index (κ3) is 3.79. The van der Waals surface area contributed by atoms with Crippen LogP contribution in [0.25, 0.3) is 0 Å². The van der Waals surface area contributed by atoms with Crippen LogP contribution in [-0.2, 0) is 4.79 Å². The van der Waals surface area contributed by atoms with Crippen LogP contribution in [0.1, 0.15) is 23.2 Å². The number of amides is 2. The molecule has 0 aromatic heterocycles. The van der Waals surface area contributed by atoms with E-state index in [1.54, 1.807) is 31.3 Å². The summed E-state index contributed by atoms with van der Waals surface area (Å²) in [5, 5.41) is 5.39. The number of hydrogen-bond acceptors (Lipinski definition) is 3. The van der Waals surface area contributed by atoms with Gasteiger partial charge in [-0.1, -0.05) is 6.07 Å². The molecule has 1 saturated heterocycles. The fourth-order valence-electron chi connectivity index (χ4n) is 2.23. The van der Waals surface area contributed by atoms with Crippen LogP contribution in [0, 0.1) is 0 Å². The molecular formula is C14H19N3O2. The van der Waals surface area contributed by atoms with E-state index >= 15 is 0 Å². The zero-order chi connectivity index (χ0) is 13.7. The van der Waals surface area contributed by atoms with Gasteiger partial charge in [0.2, 0.25) is 5.91 Å². The summed E-state index contributed by atoms with van der Waals surface area (Å²) < 4.78 is 0. The van der Waals surface area contributed by atoms with E-state index in [4.69, 9.17) is 0 Å². The molecule has 19 heavy (non-hydrogen) atoms. The van der Waals surface area contributed by atoms with E-state index in [1.807, 2.05) is 0 Å². The lowest BCUT2D eigenvalue weighted by Crippen LogP contribution is -2.31. The minimum absolute atomic E-state index is 0.0315. The molecule has 5 nitrogen and oxygen atoms in total. The van der Waals surface area contributed by atoms with Gasteiger partial charge in [0.1, 0.15) is 0 Å². The van der Waals surface area contributed by atoms with Crippen LogP contribution in [0.3, 0.4) is 0 Å². The first-order valence-electron chi connectivity index (χ1n) is 6.53. The molecule has 102 valence electrons. The zero-order valence-electron chi connectivity index (χ0n) is 11.1. The van der Waals surface area contributed by atoms with E-state index in [2.05, 4.69) is 15.5 Å². The van der Waals surface area contributed by atoms with Crippen molar-refractivity contribution in [1.29, 1.82) is 0 Å². The molecule has 2 N–H and O–H groups in total. The lowest BCUT2D eigenvalue weighted by molar-refractivity contribution is -0.117. The van der Waals surface area contributed by atoms with Gasteiger partial charge in [0.25, 0.3) is 5.91 Å². The van der Waals surface area contributed by atoms with Crippen molar-refractivity contribution >= 4 is 17.5 Å². The predicted molar refractivity (Wildman–Crippen MR) is 74.1 cm³/mol. The van der Waals surface area contributed by atoms with Gasteiger partial charge in [-0.2, -0.15) is 0 Å². The standard InChI is InChI=1S/C14H19N3O2/c1-15-14(19)11-5-4-6-12(9-11)16-13(18)10-17-7-2-3-8-17/h4-6,9H,2-3,7-8,10H2,1H3,(H,15,19)(H,16,18). The molecule has 0 atom stereocenters. The average Bonchev–Trinajstić information content (AvgIpc) is 2.90. The SMILES string of the molecule is CNC(=O)c1cccc(NC(=O)CN2CCCC2)c1. The van der Waals surface area contributed by atoms with Crippen molar-refractivity contribution in [2.24, 2.45) is 0 Å². The molecule has 1 aromatic rings. The van der Waals surface area contributed by atoms with E-state index in [0.29, 0.717) is 17.8 Å². The molecule has 1 heterocycles. The second-order valence-corrected chi connectivity index (χ2v) is 4.69. The number of rotatable bonds is 4. The number of nitrogens with one attached hydrogen (secondary N) is 2. The Kier molecular flexibility index (Phi) is 4.52. The minimum Gasteiger partial charge on any atom is -0.355 e. The van der Waals surface area contributed by atoms with E-state index in [1.165, 1.54) is 12.8 Å². The van der Waals surface area contributed by atoms with Gasteiger partial charge in [0.05, 0.1) is 6.54 Å². The molecule has 1 fully saturated rings. The second-order valence-electron chi connectivity index (χ2n) is 4.69. The molecule has 0 spiro atoms.